The molecule has 1 saturated heterocycles. The zero-order valence-corrected chi connectivity index (χ0v) is 10.7. The molecular formula is C12H14N2O3S. The molecule has 0 aliphatic carbocycles. The van der Waals surface area contributed by atoms with Crippen LogP contribution in [0.1, 0.15) is 6.92 Å². The van der Waals surface area contributed by atoms with Crippen molar-refractivity contribution in [3.8, 4) is 5.75 Å². The summed E-state index contributed by atoms with van der Waals surface area (Å²) >= 11 is 1.11. The highest BCUT2D eigenvalue weighted by atomic mass is 32.2. The zero-order chi connectivity index (χ0) is 13.1. The first-order valence-corrected chi connectivity index (χ1v) is 6.64. The van der Waals surface area contributed by atoms with Crippen LogP contribution in [0.2, 0.25) is 0 Å². The second-order valence-corrected chi connectivity index (χ2v) is 4.89. The Hall–Kier alpha value is -1.69. The van der Waals surface area contributed by atoms with Crippen LogP contribution in [0.15, 0.2) is 24.3 Å². The van der Waals surface area contributed by atoms with Gasteiger partial charge in [0.2, 0.25) is 5.91 Å². The first kappa shape index (κ1) is 12.8. The maximum atomic E-state index is 12.3. The highest BCUT2D eigenvalue weighted by Crippen LogP contribution is 2.22. The average Bonchev–Trinajstić information content (AvgIpc) is 2.77. The number of carbonyl (C=O) groups is 2. The number of aromatic hydroxyl groups is 1. The molecule has 18 heavy (non-hydrogen) atoms. The quantitative estimate of drug-likeness (QED) is 0.871. The van der Waals surface area contributed by atoms with Crippen LogP contribution >= 0.6 is 11.8 Å². The van der Waals surface area contributed by atoms with Crippen molar-refractivity contribution in [2.24, 2.45) is 0 Å². The standard InChI is InChI=1S/C12H14N2O3S/c1-2-14(8-4-3-5-9(15)6-8)11(16)10-7-18-12(17)13-10/h3-6,10,15H,2,7H2,1H3,(H,13,17). The van der Waals surface area contributed by atoms with Crippen LogP contribution in [0, 0.1) is 0 Å². The minimum atomic E-state index is -0.482. The van der Waals surface area contributed by atoms with Crippen molar-refractivity contribution in [3.63, 3.8) is 0 Å². The first-order valence-electron chi connectivity index (χ1n) is 5.65. The third kappa shape index (κ3) is 2.59. The molecule has 2 rings (SSSR count). The molecule has 96 valence electrons. The number of anilines is 1. The van der Waals surface area contributed by atoms with Crippen LogP contribution in [0.3, 0.4) is 0 Å². The van der Waals surface area contributed by atoms with E-state index in [1.807, 2.05) is 6.92 Å². The van der Waals surface area contributed by atoms with E-state index in [2.05, 4.69) is 5.32 Å². The molecule has 1 unspecified atom stereocenters. The molecule has 1 aliphatic rings. The number of benzene rings is 1. The van der Waals surface area contributed by atoms with E-state index >= 15 is 0 Å². The van der Waals surface area contributed by atoms with Crippen LogP contribution in [-0.4, -0.2) is 34.6 Å². The predicted molar refractivity (Wildman–Crippen MR) is 70.9 cm³/mol. The highest BCUT2D eigenvalue weighted by Gasteiger charge is 2.31. The summed E-state index contributed by atoms with van der Waals surface area (Å²) < 4.78 is 0. The number of amides is 2. The minimum Gasteiger partial charge on any atom is -0.508 e. The summed E-state index contributed by atoms with van der Waals surface area (Å²) in [5.74, 6) is 0.414. The molecule has 1 fully saturated rings. The first-order chi connectivity index (χ1) is 8.61. The van der Waals surface area contributed by atoms with Gasteiger partial charge in [0.25, 0.3) is 5.24 Å². The Morgan fingerprint density at radius 2 is 2.39 bits per heavy atom. The molecule has 1 aromatic rings. The van der Waals surface area contributed by atoms with Crippen molar-refractivity contribution in [2.45, 2.75) is 13.0 Å². The van der Waals surface area contributed by atoms with Gasteiger partial charge in [0.1, 0.15) is 11.8 Å². The molecule has 0 spiro atoms. The number of likely N-dealkylation sites (N-methyl/N-ethyl adjacent to an activating group) is 1. The van der Waals surface area contributed by atoms with Crippen molar-refractivity contribution < 1.29 is 14.7 Å². The SMILES string of the molecule is CCN(C(=O)C1CSC(=O)N1)c1cccc(O)c1. The summed E-state index contributed by atoms with van der Waals surface area (Å²) in [6.07, 6.45) is 0. The second kappa shape index (κ2) is 5.30. The molecule has 0 bridgehead atoms. The molecule has 6 heteroatoms. The zero-order valence-electron chi connectivity index (χ0n) is 9.92. The van der Waals surface area contributed by atoms with Crippen LogP contribution in [0.25, 0.3) is 0 Å². The second-order valence-electron chi connectivity index (χ2n) is 3.90. The van der Waals surface area contributed by atoms with Gasteiger partial charge in [-0.05, 0) is 19.1 Å². The number of thioether (sulfide) groups is 1. The summed E-state index contributed by atoms with van der Waals surface area (Å²) in [5, 5.41) is 11.9. The summed E-state index contributed by atoms with van der Waals surface area (Å²) in [6, 6.07) is 6.04. The molecule has 1 atom stereocenters. The van der Waals surface area contributed by atoms with Gasteiger partial charge in [-0.2, -0.15) is 0 Å². The van der Waals surface area contributed by atoms with Crippen LogP contribution in [0.4, 0.5) is 10.5 Å². The van der Waals surface area contributed by atoms with Gasteiger partial charge >= 0.3 is 0 Å². The molecule has 5 nitrogen and oxygen atoms in total. The van der Waals surface area contributed by atoms with Gasteiger partial charge in [0, 0.05) is 24.1 Å². The average molecular weight is 266 g/mol. The predicted octanol–water partition coefficient (Wildman–Crippen LogP) is 1.57. The van der Waals surface area contributed by atoms with Crippen molar-refractivity contribution in [3.05, 3.63) is 24.3 Å². The van der Waals surface area contributed by atoms with E-state index in [0.717, 1.165) is 11.8 Å². The molecule has 1 aliphatic heterocycles. The molecule has 0 aromatic heterocycles. The van der Waals surface area contributed by atoms with Gasteiger partial charge < -0.3 is 15.3 Å². The number of nitrogens with one attached hydrogen (secondary N) is 1. The van der Waals surface area contributed by atoms with Crippen molar-refractivity contribution in [1.82, 2.24) is 5.32 Å². The summed E-state index contributed by atoms with van der Waals surface area (Å²) in [6.45, 7) is 2.34. The Bertz CT molecular complexity index is 478. The van der Waals surface area contributed by atoms with E-state index in [1.54, 1.807) is 23.1 Å². The minimum absolute atomic E-state index is 0.114. The number of carbonyl (C=O) groups excluding carboxylic acids is 2. The van der Waals surface area contributed by atoms with Gasteiger partial charge in [0.15, 0.2) is 0 Å². The lowest BCUT2D eigenvalue weighted by atomic mass is 10.2. The van der Waals surface area contributed by atoms with Gasteiger partial charge in [-0.1, -0.05) is 17.8 Å². The fraction of sp³-hybridized carbons (Fsp3) is 0.333. The normalized spacial score (nSPS) is 18.5. The van der Waals surface area contributed by atoms with Gasteiger partial charge in [-0.3, -0.25) is 9.59 Å². The molecule has 1 heterocycles. The fourth-order valence-electron chi connectivity index (χ4n) is 1.83. The molecular weight excluding hydrogens is 252 g/mol. The number of phenols is 1. The third-order valence-corrected chi connectivity index (χ3v) is 3.57. The number of hydrogen-bond donors (Lipinski definition) is 2. The number of rotatable bonds is 3. The number of phenolic OH excluding ortho intramolecular Hbond substituents is 1. The molecule has 1 aromatic carbocycles. The summed E-state index contributed by atoms with van der Waals surface area (Å²) in [4.78, 5) is 24.9. The van der Waals surface area contributed by atoms with E-state index in [9.17, 15) is 14.7 Å². The lowest BCUT2D eigenvalue weighted by molar-refractivity contribution is -0.119. The van der Waals surface area contributed by atoms with Crippen molar-refractivity contribution >= 4 is 28.6 Å². The highest BCUT2D eigenvalue weighted by molar-refractivity contribution is 8.14. The van der Waals surface area contributed by atoms with Crippen LogP contribution in [0.5, 0.6) is 5.75 Å². The van der Waals surface area contributed by atoms with E-state index < -0.39 is 6.04 Å². The molecule has 0 radical (unpaired) electrons. The lowest BCUT2D eigenvalue weighted by Gasteiger charge is -2.24. The van der Waals surface area contributed by atoms with Crippen molar-refractivity contribution in [2.75, 3.05) is 17.2 Å². The fourth-order valence-corrected chi connectivity index (χ4v) is 2.60. The third-order valence-electron chi connectivity index (χ3n) is 2.69. The van der Waals surface area contributed by atoms with Crippen LogP contribution < -0.4 is 10.2 Å². The Labute approximate surface area is 109 Å². The van der Waals surface area contributed by atoms with Crippen molar-refractivity contribution in [1.29, 1.82) is 0 Å². The Kier molecular flexibility index (Phi) is 3.76. The van der Waals surface area contributed by atoms with E-state index in [0.29, 0.717) is 18.0 Å². The molecule has 2 amide bonds. The molecule has 2 N–H and O–H groups in total. The van der Waals surface area contributed by atoms with Gasteiger partial charge in [-0.15, -0.1) is 0 Å². The Balaban J connectivity index is 2.18. The number of nitrogens with zero attached hydrogens (tertiary/aromatic N) is 1. The maximum absolute atomic E-state index is 12.3. The Morgan fingerprint density at radius 3 is 2.94 bits per heavy atom. The lowest BCUT2D eigenvalue weighted by Crippen LogP contribution is -2.45. The Morgan fingerprint density at radius 1 is 1.61 bits per heavy atom. The van der Waals surface area contributed by atoms with E-state index in [4.69, 9.17) is 0 Å². The largest absolute Gasteiger partial charge is 0.508 e. The van der Waals surface area contributed by atoms with Gasteiger partial charge in [0.05, 0.1) is 0 Å². The number of hydrogen-bond acceptors (Lipinski definition) is 4. The summed E-state index contributed by atoms with van der Waals surface area (Å²) in [5.41, 5.74) is 0.633. The maximum Gasteiger partial charge on any atom is 0.279 e. The monoisotopic (exact) mass is 266 g/mol. The summed E-state index contributed by atoms with van der Waals surface area (Å²) in [7, 11) is 0. The molecule has 0 saturated carbocycles. The van der Waals surface area contributed by atoms with E-state index in [-0.39, 0.29) is 16.9 Å². The van der Waals surface area contributed by atoms with E-state index in [1.165, 1.54) is 6.07 Å². The smallest absolute Gasteiger partial charge is 0.279 e. The topological polar surface area (TPSA) is 69.6 Å². The van der Waals surface area contributed by atoms with Gasteiger partial charge in [-0.25, -0.2) is 0 Å². The van der Waals surface area contributed by atoms with Crippen LogP contribution in [-0.2, 0) is 4.79 Å².